The molecule has 0 unspecified atom stereocenters. The van der Waals surface area contributed by atoms with Gasteiger partial charge >= 0.3 is 0 Å². The fourth-order valence-electron chi connectivity index (χ4n) is 3.12. The van der Waals surface area contributed by atoms with E-state index in [4.69, 9.17) is 0 Å². The van der Waals surface area contributed by atoms with Crippen molar-refractivity contribution in [3.63, 3.8) is 0 Å². The summed E-state index contributed by atoms with van der Waals surface area (Å²) in [7, 11) is -3.71. The maximum atomic E-state index is 12.6. The number of aryl methyl sites for hydroxylation is 3. The van der Waals surface area contributed by atoms with Gasteiger partial charge in [-0.1, -0.05) is 53.6 Å². The minimum atomic E-state index is -3.71. The number of sulfonamides is 1. The van der Waals surface area contributed by atoms with Gasteiger partial charge in [-0.25, -0.2) is 8.42 Å². The van der Waals surface area contributed by atoms with Gasteiger partial charge in [-0.3, -0.25) is 9.52 Å². The summed E-state index contributed by atoms with van der Waals surface area (Å²) in [6, 6.07) is 21.4. The first-order chi connectivity index (χ1) is 14.3. The van der Waals surface area contributed by atoms with E-state index in [1.807, 2.05) is 13.0 Å². The molecule has 5 nitrogen and oxygen atoms in total. The predicted octanol–water partition coefficient (Wildman–Crippen LogP) is 4.47. The molecule has 2 N–H and O–H groups in total. The van der Waals surface area contributed by atoms with Crippen molar-refractivity contribution in [3.8, 4) is 0 Å². The number of anilines is 1. The summed E-state index contributed by atoms with van der Waals surface area (Å²) in [6.07, 6.45) is 1.72. The molecule has 0 aliphatic carbocycles. The Kier molecular flexibility index (Phi) is 6.90. The van der Waals surface area contributed by atoms with Crippen LogP contribution in [0.4, 0.5) is 5.69 Å². The van der Waals surface area contributed by atoms with Crippen molar-refractivity contribution in [3.05, 3.63) is 95.1 Å². The van der Waals surface area contributed by atoms with Gasteiger partial charge in [0.2, 0.25) is 0 Å². The Bertz CT molecular complexity index is 1120. The van der Waals surface area contributed by atoms with Crippen molar-refractivity contribution in [1.82, 2.24) is 5.32 Å². The zero-order chi connectivity index (χ0) is 21.6. The molecule has 3 aromatic carbocycles. The summed E-state index contributed by atoms with van der Waals surface area (Å²) in [6.45, 7) is 4.50. The molecule has 156 valence electrons. The molecule has 3 aromatic rings. The van der Waals surface area contributed by atoms with Gasteiger partial charge in [-0.2, -0.15) is 0 Å². The molecular formula is C24H26N2O3S. The lowest BCUT2D eigenvalue weighted by molar-refractivity contribution is 0.0953. The maximum Gasteiger partial charge on any atom is 0.261 e. The highest BCUT2D eigenvalue weighted by Crippen LogP contribution is 2.18. The molecule has 0 radical (unpaired) electrons. The minimum absolute atomic E-state index is 0.180. The van der Waals surface area contributed by atoms with Gasteiger partial charge in [0.15, 0.2) is 0 Å². The van der Waals surface area contributed by atoms with Crippen LogP contribution in [0.15, 0.2) is 77.7 Å². The average Bonchev–Trinajstić information content (AvgIpc) is 2.71. The van der Waals surface area contributed by atoms with Gasteiger partial charge in [0.25, 0.3) is 15.9 Å². The normalized spacial score (nSPS) is 11.1. The van der Waals surface area contributed by atoms with Crippen LogP contribution in [0.5, 0.6) is 0 Å². The molecule has 0 spiro atoms. The first-order valence-corrected chi connectivity index (χ1v) is 11.4. The quantitative estimate of drug-likeness (QED) is 0.526. The third-order valence-electron chi connectivity index (χ3n) is 4.72. The fourth-order valence-corrected chi connectivity index (χ4v) is 4.17. The lowest BCUT2D eigenvalue weighted by Crippen LogP contribution is -2.25. The van der Waals surface area contributed by atoms with Gasteiger partial charge in [0.05, 0.1) is 4.90 Å². The van der Waals surface area contributed by atoms with Crippen molar-refractivity contribution in [2.24, 2.45) is 0 Å². The molecular weight excluding hydrogens is 396 g/mol. The number of benzene rings is 3. The summed E-state index contributed by atoms with van der Waals surface area (Å²) in [5.74, 6) is -0.226. The molecule has 1 amide bonds. The molecule has 0 heterocycles. The number of hydrogen-bond acceptors (Lipinski definition) is 3. The highest BCUT2D eigenvalue weighted by Gasteiger charge is 2.15. The van der Waals surface area contributed by atoms with E-state index >= 15 is 0 Å². The highest BCUT2D eigenvalue weighted by atomic mass is 32.2. The van der Waals surface area contributed by atoms with E-state index in [9.17, 15) is 13.2 Å². The molecule has 3 rings (SSSR count). The van der Waals surface area contributed by atoms with Crippen LogP contribution in [0.1, 0.15) is 33.5 Å². The standard InChI is InChI=1S/C24H26N2O3S/c1-18-11-13-23(14-12-18)30(28,29)26-22-10-4-9-21(17-22)24(27)25-15-5-8-20-7-3-6-19(2)16-20/h3-4,6-7,9-14,16-17,26H,5,8,15H2,1-2H3,(H,25,27). The van der Waals surface area contributed by atoms with Crippen LogP contribution in [-0.2, 0) is 16.4 Å². The molecule has 0 fully saturated rings. The summed E-state index contributed by atoms with van der Waals surface area (Å²) in [5, 5.41) is 2.90. The van der Waals surface area contributed by atoms with E-state index in [1.165, 1.54) is 11.1 Å². The maximum absolute atomic E-state index is 12.6. The lowest BCUT2D eigenvalue weighted by Gasteiger charge is -2.10. The Hall–Kier alpha value is -3.12. The second-order valence-electron chi connectivity index (χ2n) is 7.35. The number of carbonyl (C=O) groups excluding carboxylic acids is 1. The molecule has 0 saturated carbocycles. The zero-order valence-electron chi connectivity index (χ0n) is 17.2. The summed E-state index contributed by atoms with van der Waals surface area (Å²) < 4.78 is 27.6. The van der Waals surface area contributed by atoms with Crippen LogP contribution in [-0.4, -0.2) is 20.9 Å². The number of nitrogens with one attached hydrogen (secondary N) is 2. The number of hydrogen-bond donors (Lipinski definition) is 2. The van der Waals surface area contributed by atoms with Crippen molar-refractivity contribution in [2.45, 2.75) is 31.6 Å². The number of rotatable bonds is 8. The Labute approximate surface area is 178 Å². The summed E-state index contributed by atoms with van der Waals surface area (Å²) in [4.78, 5) is 12.6. The van der Waals surface area contributed by atoms with E-state index in [0.717, 1.165) is 18.4 Å². The molecule has 0 aliphatic rings. The Morgan fingerprint density at radius 1 is 0.867 bits per heavy atom. The van der Waals surface area contributed by atoms with Crippen LogP contribution in [0.3, 0.4) is 0 Å². The van der Waals surface area contributed by atoms with Crippen LogP contribution in [0, 0.1) is 13.8 Å². The Morgan fingerprint density at radius 2 is 1.60 bits per heavy atom. The van der Waals surface area contributed by atoms with E-state index in [2.05, 4.69) is 35.2 Å². The van der Waals surface area contributed by atoms with Crippen molar-refractivity contribution < 1.29 is 13.2 Å². The Balaban J connectivity index is 1.57. The first kappa shape index (κ1) is 21.6. The van der Waals surface area contributed by atoms with Gasteiger partial charge in [0, 0.05) is 17.8 Å². The second kappa shape index (κ2) is 9.59. The number of amides is 1. The van der Waals surface area contributed by atoms with E-state index in [1.54, 1.807) is 48.5 Å². The largest absolute Gasteiger partial charge is 0.352 e. The SMILES string of the molecule is Cc1ccc(S(=O)(=O)Nc2cccc(C(=O)NCCCc3cccc(C)c3)c2)cc1. The second-order valence-corrected chi connectivity index (χ2v) is 9.03. The smallest absolute Gasteiger partial charge is 0.261 e. The van der Waals surface area contributed by atoms with Crippen LogP contribution in [0.25, 0.3) is 0 Å². The highest BCUT2D eigenvalue weighted by molar-refractivity contribution is 7.92. The molecule has 30 heavy (non-hydrogen) atoms. The minimum Gasteiger partial charge on any atom is -0.352 e. The van der Waals surface area contributed by atoms with E-state index in [0.29, 0.717) is 17.8 Å². The van der Waals surface area contributed by atoms with Gasteiger partial charge in [0.1, 0.15) is 0 Å². The predicted molar refractivity (Wildman–Crippen MR) is 120 cm³/mol. The van der Waals surface area contributed by atoms with Crippen molar-refractivity contribution >= 4 is 21.6 Å². The average molecular weight is 423 g/mol. The van der Waals surface area contributed by atoms with Crippen LogP contribution < -0.4 is 10.0 Å². The van der Waals surface area contributed by atoms with Crippen molar-refractivity contribution in [2.75, 3.05) is 11.3 Å². The third-order valence-corrected chi connectivity index (χ3v) is 6.12. The first-order valence-electron chi connectivity index (χ1n) is 9.87. The zero-order valence-corrected chi connectivity index (χ0v) is 18.0. The summed E-state index contributed by atoms with van der Waals surface area (Å²) >= 11 is 0. The van der Waals surface area contributed by atoms with Gasteiger partial charge in [-0.15, -0.1) is 0 Å². The van der Waals surface area contributed by atoms with Gasteiger partial charge < -0.3 is 5.32 Å². The van der Waals surface area contributed by atoms with Crippen molar-refractivity contribution in [1.29, 1.82) is 0 Å². The molecule has 0 aromatic heterocycles. The topological polar surface area (TPSA) is 75.3 Å². The molecule has 6 heteroatoms. The van der Waals surface area contributed by atoms with E-state index in [-0.39, 0.29) is 10.8 Å². The molecule has 0 atom stereocenters. The summed E-state index contributed by atoms with van der Waals surface area (Å²) in [5.41, 5.74) is 4.21. The Morgan fingerprint density at radius 3 is 2.33 bits per heavy atom. The molecule has 0 bridgehead atoms. The lowest BCUT2D eigenvalue weighted by atomic mass is 10.1. The molecule has 0 aliphatic heterocycles. The van der Waals surface area contributed by atoms with Gasteiger partial charge in [-0.05, 0) is 62.6 Å². The number of carbonyl (C=O) groups is 1. The molecule has 0 saturated heterocycles. The monoisotopic (exact) mass is 422 g/mol. The van der Waals surface area contributed by atoms with Crippen LogP contribution in [0.2, 0.25) is 0 Å². The van der Waals surface area contributed by atoms with Crippen LogP contribution >= 0.6 is 0 Å². The fraction of sp³-hybridized carbons (Fsp3) is 0.208. The third kappa shape index (κ3) is 5.94. The van der Waals surface area contributed by atoms with E-state index < -0.39 is 10.0 Å².